The Morgan fingerprint density at radius 2 is 2.38 bits per heavy atom. The second-order valence-corrected chi connectivity index (χ2v) is 6.35. The van der Waals surface area contributed by atoms with E-state index < -0.39 is 0 Å². The van der Waals surface area contributed by atoms with Crippen LogP contribution in [0.1, 0.15) is 29.6 Å². The minimum absolute atomic E-state index is 0.0365. The molecule has 0 aromatic carbocycles. The fourth-order valence-corrected chi connectivity index (χ4v) is 3.51. The molecule has 0 saturated carbocycles. The first kappa shape index (κ1) is 15.1. The zero-order valence-corrected chi connectivity index (χ0v) is 13.3. The Balaban J connectivity index is 1.41. The number of pyridine rings is 1. The number of hydrogen-bond donors (Lipinski definition) is 0. The largest absolute Gasteiger partial charge is 0.472 e. The molecule has 7 nitrogen and oxygen atoms in total. The maximum atomic E-state index is 12.5. The zero-order valence-electron chi connectivity index (χ0n) is 13.3. The smallest absolute Gasteiger partial charge is 0.258 e. The molecule has 0 unspecified atom stereocenters. The van der Waals surface area contributed by atoms with Crippen molar-refractivity contribution in [2.45, 2.75) is 31.0 Å². The molecule has 2 fully saturated rings. The Hall–Kier alpha value is -2.41. The van der Waals surface area contributed by atoms with Gasteiger partial charge in [0.2, 0.25) is 5.88 Å². The summed E-state index contributed by atoms with van der Waals surface area (Å²) < 4.78 is 16.8. The van der Waals surface area contributed by atoms with E-state index in [2.05, 4.69) is 10.1 Å². The molecule has 0 radical (unpaired) electrons. The van der Waals surface area contributed by atoms with Crippen LogP contribution in [0.5, 0.6) is 5.88 Å². The van der Waals surface area contributed by atoms with Crippen LogP contribution < -0.4 is 4.74 Å². The SMILES string of the molecule is O=C(c1cnoc1)N1CCC[C@]2(C[C@@H](Oc3ccccn3)CO2)C1. The second-order valence-electron chi connectivity index (χ2n) is 6.35. The summed E-state index contributed by atoms with van der Waals surface area (Å²) in [6.07, 6.45) is 7.11. The predicted molar refractivity (Wildman–Crippen MR) is 83.6 cm³/mol. The number of piperidine rings is 1. The van der Waals surface area contributed by atoms with Gasteiger partial charge < -0.3 is 18.9 Å². The summed E-state index contributed by atoms with van der Waals surface area (Å²) in [5.74, 6) is 0.546. The van der Waals surface area contributed by atoms with E-state index in [0.29, 0.717) is 24.6 Å². The number of nitrogens with zero attached hydrogens (tertiary/aromatic N) is 3. The molecule has 0 N–H and O–H groups in total. The van der Waals surface area contributed by atoms with Gasteiger partial charge in [-0.25, -0.2) is 4.98 Å². The fraction of sp³-hybridized carbons (Fsp3) is 0.471. The van der Waals surface area contributed by atoms with E-state index in [1.54, 1.807) is 6.20 Å². The van der Waals surface area contributed by atoms with Gasteiger partial charge in [0.25, 0.3) is 5.91 Å². The van der Waals surface area contributed by atoms with Gasteiger partial charge >= 0.3 is 0 Å². The lowest BCUT2D eigenvalue weighted by Crippen LogP contribution is -2.50. The first-order chi connectivity index (χ1) is 11.7. The van der Waals surface area contributed by atoms with Gasteiger partial charge in [0.05, 0.1) is 30.5 Å². The summed E-state index contributed by atoms with van der Waals surface area (Å²) in [5.41, 5.74) is 0.149. The molecule has 1 amide bonds. The van der Waals surface area contributed by atoms with Crippen molar-refractivity contribution in [2.24, 2.45) is 0 Å². The first-order valence-corrected chi connectivity index (χ1v) is 8.14. The number of hydrogen-bond acceptors (Lipinski definition) is 6. The van der Waals surface area contributed by atoms with Crippen LogP contribution >= 0.6 is 0 Å². The van der Waals surface area contributed by atoms with Crippen molar-refractivity contribution in [2.75, 3.05) is 19.7 Å². The van der Waals surface area contributed by atoms with E-state index >= 15 is 0 Å². The number of amides is 1. The van der Waals surface area contributed by atoms with Gasteiger partial charge in [-0.15, -0.1) is 0 Å². The van der Waals surface area contributed by atoms with E-state index in [-0.39, 0.29) is 17.6 Å². The topological polar surface area (TPSA) is 77.7 Å². The Kier molecular flexibility index (Phi) is 3.93. The lowest BCUT2D eigenvalue weighted by Gasteiger charge is -2.39. The van der Waals surface area contributed by atoms with Gasteiger partial charge in [0.15, 0.2) is 0 Å². The molecular weight excluding hydrogens is 310 g/mol. The number of likely N-dealkylation sites (tertiary alicyclic amines) is 1. The maximum absolute atomic E-state index is 12.5. The van der Waals surface area contributed by atoms with Gasteiger partial charge in [-0.3, -0.25) is 4.79 Å². The number of rotatable bonds is 3. The molecular formula is C17H19N3O4. The summed E-state index contributed by atoms with van der Waals surface area (Å²) in [4.78, 5) is 18.5. The van der Waals surface area contributed by atoms with Gasteiger partial charge in [0, 0.05) is 25.2 Å². The van der Waals surface area contributed by atoms with Crippen LogP contribution in [0.3, 0.4) is 0 Å². The molecule has 2 aromatic heterocycles. The van der Waals surface area contributed by atoms with E-state index in [9.17, 15) is 4.79 Å². The molecule has 7 heteroatoms. The molecule has 126 valence electrons. The molecule has 2 aromatic rings. The van der Waals surface area contributed by atoms with Crippen molar-refractivity contribution in [3.8, 4) is 5.88 Å². The number of aromatic nitrogens is 2. The monoisotopic (exact) mass is 329 g/mol. The maximum Gasteiger partial charge on any atom is 0.258 e. The summed E-state index contributed by atoms with van der Waals surface area (Å²) in [5, 5.41) is 3.61. The molecule has 2 aliphatic rings. The average Bonchev–Trinajstić information content (AvgIpc) is 3.26. The highest BCUT2D eigenvalue weighted by atomic mass is 16.6. The minimum atomic E-state index is -0.329. The van der Waals surface area contributed by atoms with Crippen molar-refractivity contribution in [3.63, 3.8) is 0 Å². The van der Waals surface area contributed by atoms with Crippen LogP contribution in [-0.2, 0) is 4.74 Å². The summed E-state index contributed by atoms with van der Waals surface area (Å²) in [7, 11) is 0. The molecule has 0 bridgehead atoms. The van der Waals surface area contributed by atoms with Crippen LogP contribution in [0, 0.1) is 0 Å². The lowest BCUT2D eigenvalue weighted by atomic mass is 9.89. The van der Waals surface area contributed by atoms with Gasteiger partial charge in [-0.2, -0.15) is 0 Å². The third-order valence-corrected chi connectivity index (χ3v) is 4.61. The highest BCUT2D eigenvalue weighted by Gasteiger charge is 2.45. The number of carbonyl (C=O) groups is 1. The Morgan fingerprint density at radius 3 is 3.17 bits per heavy atom. The van der Waals surface area contributed by atoms with E-state index in [0.717, 1.165) is 25.8 Å². The summed E-state index contributed by atoms with van der Waals surface area (Å²) >= 11 is 0. The Morgan fingerprint density at radius 1 is 1.42 bits per heavy atom. The van der Waals surface area contributed by atoms with Crippen molar-refractivity contribution < 1.29 is 18.8 Å². The minimum Gasteiger partial charge on any atom is -0.472 e. The molecule has 2 saturated heterocycles. The van der Waals surface area contributed by atoms with Crippen molar-refractivity contribution in [1.82, 2.24) is 15.0 Å². The second kappa shape index (κ2) is 6.24. The summed E-state index contributed by atoms with van der Waals surface area (Å²) in [6.45, 7) is 1.81. The molecule has 4 rings (SSSR count). The zero-order chi connectivity index (χ0) is 16.4. The number of ether oxygens (including phenoxy) is 2. The van der Waals surface area contributed by atoms with Crippen molar-refractivity contribution in [1.29, 1.82) is 0 Å². The fourth-order valence-electron chi connectivity index (χ4n) is 3.51. The first-order valence-electron chi connectivity index (χ1n) is 8.14. The van der Waals surface area contributed by atoms with Crippen LogP contribution in [0.4, 0.5) is 0 Å². The highest BCUT2D eigenvalue weighted by molar-refractivity contribution is 5.93. The van der Waals surface area contributed by atoms with Gasteiger partial charge in [0.1, 0.15) is 12.4 Å². The highest BCUT2D eigenvalue weighted by Crippen LogP contribution is 2.36. The van der Waals surface area contributed by atoms with E-state index in [4.69, 9.17) is 14.0 Å². The molecule has 0 aliphatic carbocycles. The lowest BCUT2D eigenvalue weighted by molar-refractivity contribution is -0.0453. The third kappa shape index (κ3) is 2.99. The van der Waals surface area contributed by atoms with Crippen molar-refractivity contribution in [3.05, 3.63) is 42.4 Å². The summed E-state index contributed by atoms with van der Waals surface area (Å²) in [6, 6.07) is 5.59. The quantitative estimate of drug-likeness (QED) is 0.856. The third-order valence-electron chi connectivity index (χ3n) is 4.61. The molecule has 2 atom stereocenters. The van der Waals surface area contributed by atoms with Gasteiger partial charge in [-0.1, -0.05) is 11.2 Å². The van der Waals surface area contributed by atoms with Gasteiger partial charge in [-0.05, 0) is 18.9 Å². The molecule has 4 heterocycles. The molecule has 1 spiro atoms. The standard InChI is InChI=1S/C17H19N3O4/c21-16(13-9-19-23-10-13)20-7-3-5-17(12-20)8-14(11-22-17)24-15-4-1-2-6-18-15/h1-2,4,6,9-10,14H,3,5,7-8,11-12H2/t14-,17+/m1/s1. The normalized spacial score (nSPS) is 26.7. The molecule has 24 heavy (non-hydrogen) atoms. The molecule has 2 aliphatic heterocycles. The van der Waals surface area contributed by atoms with Crippen LogP contribution in [0.25, 0.3) is 0 Å². The van der Waals surface area contributed by atoms with Crippen LogP contribution in [-0.4, -0.2) is 52.3 Å². The Labute approximate surface area is 139 Å². The van der Waals surface area contributed by atoms with E-state index in [1.807, 2.05) is 23.1 Å². The van der Waals surface area contributed by atoms with E-state index in [1.165, 1.54) is 12.5 Å². The predicted octanol–water partition coefficient (Wildman–Crippen LogP) is 1.91. The van der Waals surface area contributed by atoms with Crippen LogP contribution in [0.2, 0.25) is 0 Å². The number of carbonyl (C=O) groups excluding carboxylic acids is 1. The van der Waals surface area contributed by atoms with Crippen molar-refractivity contribution >= 4 is 5.91 Å². The van der Waals surface area contributed by atoms with Crippen LogP contribution in [0.15, 0.2) is 41.4 Å². The average molecular weight is 329 g/mol. The Bertz CT molecular complexity index is 691.